The van der Waals surface area contributed by atoms with Crippen molar-refractivity contribution in [3.8, 4) is 17.7 Å². The molecule has 0 bridgehead atoms. The molecule has 20 heavy (non-hydrogen) atoms. The fraction of sp³-hybridized carbons (Fsp3) is 0.600. The highest BCUT2D eigenvalue weighted by Crippen LogP contribution is 2.26. The Labute approximate surface area is 119 Å². The molecule has 1 aliphatic rings. The van der Waals surface area contributed by atoms with Gasteiger partial charge in [-0.25, -0.2) is 4.98 Å². The molecule has 4 nitrogen and oxygen atoms in total. The van der Waals surface area contributed by atoms with Gasteiger partial charge in [0.05, 0.1) is 6.04 Å². The molecule has 1 aromatic rings. The van der Waals surface area contributed by atoms with Crippen LogP contribution >= 0.6 is 0 Å². The fourth-order valence-electron chi connectivity index (χ4n) is 2.25. The van der Waals surface area contributed by atoms with Gasteiger partial charge in [0.1, 0.15) is 12.0 Å². The van der Waals surface area contributed by atoms with Crippen LogP contribution in [0.25, 0.3) is 0 Å². The number of nitrogens with zero attached hydrogens (tertiary/aromatic N) is 2. The molecule has 0 aromatic carbocycles. The van der Waals surface area contributed by atoms with Crippen molar-refractivity contribution in [2.24, 2.45) is 0 Å². The van der Waals surface area contributed by atoms with Gasteiger partial charge in [-0.2, -0.15) is 9.37 Å². The Morgan fingerprint density at radius 3 is 3.10 bits per heavy atom. The zero-order valence-electron chi connectivity index (χ0n) is 11.8. The molecule has 1 fully saturated rings. The van der Waals surface area contributed by atoms with Gasteiger partial charge in [0, 0.05) is 6.42 Å². The first-order valence-corrected chi connectivity index (χ1v) is 7.15. The van der Waals surface area contributed by atoms with Gasteiger partial charge >= 0.3 is 0 Å². The van der Waals surface area contributed by atoms with Crippen LogP contribution in [0.2, 0.25) is 0 Å². The van der Waals surface area contributed by atoms with Crippen molar-refractivity contribution in [3.05, 3.63) is 17.8 Å². The lowest BCUT2D eigenvalue weighted by Crippen LogP contribution is -2.23. The van der Waals surface area contributed by atoms with Gasteiger partial charge in [0.25, 0.3) is 5.88 Å². The van der Waals surface area contributed by atoms with Gasteiger partial charge in [-0.3, -0.25) is 0 Å². The molecule has 1 aromatic heterocycles. The average Bonchev–Trinajstić information content (AvgIpc) is 2.74. The lowest BCUT2D eigenvalue weighted by molar-refractivity contribution is 0.324. The molecule has 0 spiro atoms. The average molecular weight is 277 g/mol. The third-order valence-electron chi connectivity index (χ3n) is 3.26. The number of halogens is 1. The molecule has 1 N–H and O–H groups in total. The molecule has 2 heterocycles. The van der Waals surface area contributed by atoms with Crippen molar-refractivity contribution in [3.63, 3.8) is 0 Å². The second-order valence-electron chi connectivity index (χ2n) is 4.73. The van der Waals surface area contributed by atoms with E-state index in [1.54, 1.807) is 0 Å². The zero-order valence-corrected chi connectivity index (χ0v) is 11.8. The van der Waals surface area contributed by atoms with Crippen LogP contribution in [-0.2, 0) is 0 Å². The van der Waals surface area contributed by atoms with Crippen LogP contribution in [0.15, 0.2) is 6.33 Å². The molecule has 0 radical (unpaired) electrons. The van der Waals surface area contributed by atoms with E-state index in [1.165, 1.54) is 12.7 Å². The monoisotopic (exact) mass is 277 g/mol. The summed E-state index contributed by atoms with van der Waals surface area (Å²) in [6.07, 6.45) is 6.38. The smallest absolute Gasteiger partial charge is 0.254 e. The zero-order chi connectivity index (χ0) is 14.2. The molecule has 0 amide bonds. The molecular formula is C15H20FN3O. The van der Waals surface area contributed by atoms with Crippen LogP contribution in [0.4, 0.5) is 4.39 Å². The van der Waals surface area contributed by atoms with E-state index in [0.717, 1.165) is 32.2 Å². The molecule has 1 unspecified atom stereocenters. The standard InChI is InChI=1S/C15H20FN3O/c1-2-3-7-10-20-15-13(16)14(18-11-19-15)12-8-5-4-6-9-17-12/h11-12,17H,2,4-6,8-10H2,1H3. The second-order valence-corrected chi connectivity index (χ2v) is 4.73. The summed E-state index contributed by atoms with van der Waals surface area (Å²) in [4.78, 5) is 7.93. The van der Waals surface area contributed by atoms with Crippen molar-refractivity contribution >= 4 is 0 Å². The van der Waals surface area contributed by atoms with E-state index in [1.807, 2.05) is 6.92 Å². The van der Waals surface area contributed by atoms with Gasteiger partial charge in [0.2, 0.25) is 5.82 Å². The van der Waals surface area contributed by atoms with Crippen molar-refractivity contribution in [2.75, 3.05) is 13.2 Å². The Balaban J connectivity index is 2.09. The van der Waals surface area contributed by atoms with Crippen LogP contribution in [0.5, 0.6) is 5.88 Å². The van der Waals surface area contributed by atoms with Crippen LogP contribution in [0.1, 0.15) is 50.8 Å². The number of aromatic nitrogens is 2. The Morgan fingerprint density at radius 2 is 2.25 bits per heavy atom. The highest BCUT2D eigenvalue weighted by atomic mass is 19.1. The minimum absolute atomic E-state index is 0.00792. The third kappa shape index (κ3) is 3.91. The van der Waals surface area contributed by atoms with Crippen molar-refractivity contribution in [1.29, 1.82) is 0 Å². The van der Waals surface area contributed by atoms with Crippen molar-refractivity contribution in [1.82, 2.24) is 15.3 Å². The largest absolute Gasteiger partial charge is 0.462 e. The fourth-order valence-corrected chi connectivity index (χ4v) is 2.25. The molecule has 2 rings (SSSR count). The SMILES string of the molecule is CCC#CCOc1ncnc(C2CCCCCN2)c1F. The number of hydrogen-bond acceptors (Lipinski definition) is 4. The highest BCUT2D eigenvalue weighted by molar-refractivity contribution is 5.21. The number of rotatable bonds is 3. The van der Waals surface area contributed by atoms with Crippen molar-refractivity contribution in [2.45, 2.75) is 45.1 Å². The van der Waals surface area contributed by atoms with Gasteiger partial charge < -0.3 is 10.1 Å². The maximum absolute atomic E-state index is 14.4. The topological polar surface area (TPSA) is 47.0 Å². The summed E-state index contributed by atoms with van der Waals surface area (Å²) in [5.74, 6) is 5.20. The maximum atomic E-state index is 14.4. The summed E-state index contributed by atoms with van der Waals surface area (Å²) in [5.41, 5.74) is 0.403. The normalized spacial score (nSPS) is 18.8. The van der Waals surface area contributed by atoms with Crippen molar-refractivity contribution < 1.29 is 9.13 Å². The number of nitrogens with one attached hydrogen (secondary N) is 1. The minimum Gasteiger partial charge on any atom is -0.462 e. The van der Waals surface area contributed by atoms with E-state index < -0.39 is 5.82 Å². The van der Waals surface area contributed by atoms with E-state index in [-0.39, 0.29) is 18.5 Å². The van der Waals surface area contributed by atoms with Gasteiger partial charge in [-0.05, 0) is 19.4 Å². The van der Waals surface area contributed by atoms with Gasteiger partial charge in [-0.15, -0.1) is 5.92 Å². The first-order chi connectivity index (χ1) is 9.83. The summed E-state index contributed by atoms with van der Waals surface area (Å²) >= 11 is 0. The summed E-state index contributed by atoms with van der Waals surface area (Å²) < 4.78 is 19.6. The van der Waals surface area contributed by atoms with E-state index in [2.05, 4.69) is 27.1 Å². The number of hydrogen-bond donors (Lipinski definition) is 1. The molecule has 0 saturated carbocycles. The Kier molecular flexibility index (Phi) is 5.75. The van der Waals surface area contributed by atoms with E-state index >= 15 is 0 Å². The van der Waals surface area contributed by atoms with Crippen LogP contribution in [-0.4, -0.2) is 23.1 Å². The van der Waals surface area contributed by atoms with Gasteiger partial charge in [0.15, 0.2) is 6.61 Å². The Bertz CT molecular complexity index is 488. The first kappa shape index (κ1) is 14.7. The molecular weight excluding hydrogens is 257 g/mol. The summed E-state index contributed by atoms with van der Waals surface area (Å²) in [6, 6.07) is -0.0513. The lowest BCUT2D eigenvalue weighted by atomic mass is 10.1. The van der Waals surface area contributed by atoms with E-state index in [4.69, 9.17) is 4.74 Å². The summed E-state index contributed by atoms with van der Waals surface area (Å²) in [7, 11) is 0. The predicted molar refractivity (Wildman–Crippen MR) is 74.8 cm³/mol. The van der Waals surface area contributed by atoms with Crippen LogP contribution in [0.3, 0.4) is 0 Å². The van der Waals surface area contributed by atoms with Crippen LogP contribution < -0.4 is 10.1 Å². The number of ether oxygens (including phenoxy) is 1. The molecule has 1 saturated heterocycles. The molecule has 1 atom stereocenters. The highest BCUT2D eigenvalue weighted by Gasteiger charge is 2.22. The van der Waals surface area contributed by atoms with E-state index in [0.29, 0.717) is 5.69 Å². The Hall–Kier alpha value is -1.67. The first-order valence-electron chi connectivity index (χ1n) is 7.15. The lowest BCUT2D eigenvalue weighted by Gasteiger charge is -2.16. The minimum atomic E-state index is -0.467. The molecule has 0 aliphatic carbocycles. The predicted octanol–water partition coefficient (Wildman–Crippen LogP) is 2.61. The Morgan fingerprint density at radius 1 is 1.35 bits per heavy atom. The van der Waals surface area contributed by atoms with Gasteiger partial charge in [-0.1, -0.05) is 25.7 Å². The quantitative estimate of drug-likeness (QED) is 0.863. The third-order valence-corrected chi connectivity index (χ3v) is 3.26. The molecule has 1 aliphatic heterocycles. The van der Waals surface area contributed by atoms with Crippen LogP contribution in [0, 0.1) is 17.7 Å². The summed E-state index contributed by atoms with van der Waals surface area (Å²) in [6.45, 7) is 3.00. The maximum Gasteiger partial charge on any atom is 0.254 e. The second kappa shape index (κ2) is 7.81. The summed E-state index contributed by atoms with van der Waals surface area (Å²) in [5, 5.41) is 3.33. The molecule has 5 heteroatoms. The van der Waals surface area contributed by atoms with E-state index in [9.17, 15) is 4.39 Å². The molecule has 108 valence electrons.